The van der Waals surface area contributed by atoms with Crippen LogP contribution in [0.4, 0.5) is 0 Å². The average molecular weight is 600 g/mol. The van der Waals surface area contributed by atoms with Crippen molar-refractivity contribution < 1.29 is 16.8 Å². The van der Waals surface area contributed by atoms with Gasteiger partial charge in [-0.1, -0.05) is 59.7 Å². The summed E-state index contributed by atoms with van der Waals surface area (Å²) in [6.07, 6.45) is 1.50. The number of aryl methyl sites for hydroxylation is 6. The van der Waals surface area contributed by atoms with Crippen molar-refractivity contribution in [1.29, 1.82) is 0 Å². The van der Waals surface area contributed by atoms with E-state index in [0.717, 1.165) is 11.1 Å². The topological polar surface area (TPSA) is 93.0 Å². The number of benzene rings is 3. The second kappa shape index (κ2) is 9.78. The van der Waals surface area contributed by atoms with E-state index in [2.05, 4.69) is 24.7 Å². The summed E-state index contributed by atoms with van der Waals surface area (Å²) in [7, 11) is -8.12. The van der Waals surface area contributed by atoms with Crippen LogP contribution >= 0.6 is 15.9 Å². The van der Waals surface area contributed by atoms with Crippen LogP contribution in [0, 0.1) is 41.5 Å². The van der Waals surface area contributed by atoms with E-state index < -0.39 is 20.0 Å². The van der Waals surface area contributed by atoms with E-state index >= 15 is 0 Å². The zero-order valence-electron chi connectivity index (χ0n) is 21.4. The van der Waals surface area contributed by atoms with Gasteiger partial charge in [0.2, 0.25) is 0 Å². The van der Waals surface area contributed by atoms with Crippen LogP contribution in [0.3, 0.4) is 0 Å². The number of hydrogen-bond acceptors (Lipinski definition) is 4. The smallest absolute Gasteiger partial charge is 0.199 e. The van der Waals surface area contributed by atoms with Gasteiger partial charge in [-0.15, -0.1) is 0 Å². The Morgan fingerprint density at radius 2 is 1.03 bits per heavy atom. The third-order valence-corrected chi connectivity index (χ3v) is 9.89. The van der Waals surface area contributed by atoms with Crippen LogP contribution in [0.15, 0.2) is 77.7 Å². The van der Waals surface area contributed by atoms with Gasteiger partial charge >= 0.3 is 0 Å². The summed E-state index contributed by atoms with van der Waals surface area (Å²) in [6.45, 7) is 10.8. The van der Waals surface area contributed by atoms with Gasteiger partial charge in [0.05, 0.1) is 21.2 Å². The molecule has 0 fully saturated rings. The number of allylic oxidation sites excluding steroid dienone is 2. The third-order valence-electron chi connectivity index (χ3n) is 6.10. The molecule has 0 aliphatic heterocycles. The fourth-order valence-electron chi connectivity index (χ4n) is 4.96. The van der Waals surface area contributed by atoms with Crippen LogP contribution in [0.2, 0.25) is 0 Å². The minimum Gasteiger partial charge on any atom is -0.199 e. The van der Waals surface area contributed by atoms with Crippen molar-refractivity contribution in [2.75, 3.05) is 0 Å². The molecule has 0 amide bonds. The van der Waals surface area contributed by atoms with Gasteiger partial charge in [0.15, 0.2) is 0 Å². The zero-order chi connectivity index (χ0) is 27.3. The van der Waals surface area contributed by atoms with Gasteiger partial charge in [0.25, 0.3) is 20.0 Å². The molecule has 4 rings (SSSR count). The summed E-state index contributed by atoms with van der Waals surface area (Å²) in [5.74, 6) is 0. The molecule has 0 atom stereocenters. The van der Waals surface area contributed by atoms with E-state index in [1.165, 1.54) is 6.08 Å². The molecular formula is C28H27BrN2O4S2. The number of hydrogen-bond donors (Lipinski definition) is 0. The first-order chi connectivity index (χ1) is 17.2. The SMILES string of the molecule is Cc1cc(C)c(S(=O)(=O)/N=C2C=C(Br)/C(=N/S(=O)(=O)c3c(C)cc(C)cc3C)c3ccccc3\2)c(C)c1. The molecule has 37 heavy (non-hydrogen) atoms. The van der Waals surface area contributed by atoms with Crippen LogP contribution in [-0.2, 0) is 20.0 Å². The Kier molecular flexibility index (Phi) is 7.18. The van der Waals surface area contributed by atoms with Crippen molar-refractivity contribution in [3.05, 3.63) is 104 Å². The van der Waals surface area contributed by atoms with Crippen LogP contribution in [-0.4, -0.2) is 28.3 Å². The molecule has 3 aromatic rings. The summed E-state index contributed by atoms with van der Waals surface area (Å²) >= 11 is 3.43. The second-order valence-electron chi connectivity index (χ2n) is 9.36. The molecule has 0 radical (unpaired) electrons. The highest BCUT2D eigenvalue weighted by molar-refractivity contribution is 9.12. The Morgan fingerprint density at radius 1 is 0.622 bits per heavy atom. The second-order valence-corrected chi connectivity index (χ2v) is 13.3. The molecule has 192 valence electrons. The molecule has 0 bridgehead atoms. The molecule has 0 saturated heterocycles. The van der Waals surface area contributed by atoms with Crippen LogP contribution in [0.25, 0.3) is 0 Å². The maximum absolute atomic E-state index is 13.4. The number of nitrogens with zero attached hydrogens (tertiary/aromatic N) is 2. The Labute approximate surface area is 227 Å². The first-order valence-corrected chi connectivity index (χ1v) is 15.2. The molecule has 6 nitrogen and oxygen atoms in total. The maximum Gasteiger partial charge on any atom is 0.283 e. The predicted molar refractivity (Wildman–Crippen MR) is 152 cm³/mol. The van der Waals surface area contributed by atoms with Gasteiger partial charge in [-0.05, 0) is 85.8 Å². The highest BCUT2D eigenvalue weighted by Gasteiger charge is 2.28. The predicted octanol–water partition coefficient (Wildman–Crippen LogP) is 6.19. The normalized spacial score (nSPS) is 16.1. The van der Waals surface area contributed by atoms with Crippen molar-refractivity contribution >= 4 is 47.4 Å². The fourth-order valence-corrected chi connectivity index (χ4v) is 8.49. The van der Waals surface area contributed by atoms with Crippen molar-refractivity contribution in [2.24, 2.45) is 8.80 Å². The van der Waals surface area contributed by atoms with E-state index in [1.54, 1.807) is 52.0 Å². The van der Waals surface area contributed by atoms with Gasteiger partial charge in [-0.3, -0.25) is 0 Å². The van der Waals surface area contributed by atoms with Crippen LogP contribution in [0.5, 0.6) is 0 Å². The molecular weight excluding hydrogens is 572 g/mol. The summed E-state index contributed by atoms with van der Waals surface area (Å²) in [5.41, 5.74) is 5.72. The van der Waals surface area contributed by atoms with Crippen LogP contribution in [0.1, 0.15) is 44.5 Å². The van der Waals surface area contributed by atoms with Gasteiger partial charge in [0, 0.05) is 15.6 Å². The van der Waals surface area contributed by atoms with Gasteiger partial charge < -0.3 is 0 Å². The van der Waals surface area contributed by atoms with Gasteiger partial charge in [-0.2, -0.15) is 25.6 Å². The first-order valence-electron chi connectivity index (χ1n) is 11.5. The Morgan fingerprint density at radius 3 is 1.49 bits per heavy atom. The van der Waals surface area contributed by atoms with Gasteiger partial charge in [0.1, 0.15) is 0 Å². The molecule has 1 aliphatic carbocycles. The lowest BCUT2D eigenvalue weighted by Gasteiger charge is -2.19. The fraction of sp³-hybridized carbons (Fsp3) is 0.214. The largest absolute Gasteiger partial charge is 0.283 e. The van der Waals surface area contributed by atoms with Crippen molar-refractivity contribution in [3.8, 4) is 0 Å². The van der Waals surface area contributed by atoms with E-state index in [-0.39, 0.29) is 21.2 Å². The number of halogens is 1. The van der Waals surface area contributed by atoms with E-state index in [0.29, 0.717) is 37.9 Å². The summed E-state index contributed by atoms with van der Waals surface area (Å²) in [5, 5.41) is 0. The first kappa shape index (κ1) is 27.2. The maximum atomic E-state index is 13.4. The monoisotopic (exact) mass is 598 g/mol. The Balaban J connectivity index is 1.90. The number of rotatable bonds is 4. The lowest BCUT2D eigenvalue weighted by Crippen LogP contribution is -2.19. The van der Waals surface area contributed by atoms with E-state index in [9.17, 15) is 16.8 Å². The number of sulfonamides is 2. The van der Waals surface area contributed by atoms with Crippen LogP contribution < -0.4 is 0 Å². The molecule has 0 N–H and O–H groups in total. The average Bonchev–Trinajstić information content (AvgIpc) is 2.74. The lowest BCUT2D eigenvalue weighted by atomic mass is 9.94. The molecule has 0 aromatic heterocycles. The summed E-state index contributed by atoms with van der Waals surface area (Å²) in [6, 6.07) is 14.1. The van der Waals surface area contributed by atoms with E-state index in [1.807, 2.05) is 38.1 Å². The highest BCUT2D eigenvalue weighted by Crippen LogP contribution is 2.31. The molecule has 3 aromatic carbocycles. The Bertz CT molecular complexity index is 1720. The van der Waals surface area contributed by atoms with Crippen molar-refractivity contribution in [3.63, 3.8) is 0 Å². The quantitative estimate of drug-likeness (QED) is 0.358. The number of fused-ring (bicyclic) bond motifs is 1. The molecule has 0 spiro atoms. The lowest BCUT2D eigenvalue weighted by molar-refractivity contribution is 0.595. The summed E-state index contributed by atoms with van der Waals surface area (Å²) < 4.78 is 62.4. The molecule has 1 aliphatic rings. The highest BCUT2D eigenvalue weighted by atomic mass is 79.9. The molecule has 0 heterocycles. The molecule has 0 unspecified atom stereocenters. The third kappa shape index (κ3) is 5.26. The minimum atomic E-state index is -4.07. The standard InChI is InChI=1S/C28H27BrN2O4S2/c1-16-11-18(3)27(19(4)12-16)36(32,33)30-25-15-24(29)26(23-10-8-7-9-22(23)25)31-37(34,35)28-20(5)13-17(2)14-21(28)6/h7-15H,1-6H3/b30-25+,31-26+. The van der Waals surface area contributed by atoms with Gasteiger partial charge in [-0.25, -0.2) is 0 Å². The van der Waals surface area contributed by atoms with E-state index in [4.69, 9.17) is 0 Å². The zero-order valence-corrected chi connectivity index (χ0v) is 24.6. The minimum absolute atomic E-state index is 0.163. The van der Waals surface area contributed by atoms with Crippen molar-refractivity contribution in [2.45, 2.75) is 51.3 Å². The molecule has 9 heteroatoms. The van der Waals surface area contributed by atoms with Crippen molar-refractivity contribution in [1.82, 2.24) is 0 Å². The Hall–Kier alpha value is -2.88. The molecule has 0 saturated carbocycles. The summed E-state index contributed by atoms with van der Waals surface area (Å²) in [4.78, 5) is 0.329.